The zero-order valence-electron chi connectivity index (χ0n) is 18.5. The number of carbonyl (C=O) groups is 1. The Balaban J connectivity index is 1.49. The summed E-state index contributed by atoms with van der Waals surface area (Å²) in [6, 6.07) is 6.96. The normalized spacial score (nSPS) is 19.4. The maximum absolute atomic E-state index is 11.5. The molecule has 1 N–H and O–H groups in total. The molecular weight excluding hydrogens is 418 g/mol. The molecule has 0 saturated carbocycles. The van der Waals surface area contributed by atoms with E-state index in [0.717, 1.165) is 51.1 Å². The van der Waals surface area contributed by atoms with Gasteiger partial charge in [0.05, 0.1) is 13.0 Å². The number of likely N-dealkylation sites (N-methyl/N-ethyl adjacent to an activating group) is 1. The second-order valence-corrected chi connectivity index (χ2v) is 9.37. The third-order valence-corrected chi connectivity index (χ3v) is 7.16. The number of hydrogen-bond acceptors (Lipinski definition) is 6. The summed E-state index contributed by atoms with van der Waals surface area (Å²) in [4.78, 5) is 13.3. The molecule has 174 valence electrons. The molecule has 2 unspecified atom stereocenters. The van der Waals surface area contributed by atoms with Gasteiger partial charge in [-0.2, -0.15) is 4.41 Å². The summed E-state index contributed by atoms with van der Waals surface area (Å²) in [5.74, 6) is 0.536. The highest BCUT2D eigenvalue weighted by Crippen LogP contribution is 2.27. The monoisotopic (exact) mass is 452 g/mol. The molecular formula is C22H34N3O5S-. The summed E-state index contributed by atoms with van der Waals surface area (Å²) in [5.41, 5.74) is 2.65. The van der Waals surface area contributed by atoms with Crippen molar-refractivity contribution in [1.82, 2.24) is 14.3 Å². The van der Waals surface area contributed by atoms with Crippen LogP contribution in [-0.4, -0.2) is 79.5 Å². The summed E-state index contributed by atoms with van der Waals surface area (Å²) in [5, 5.41) is 10.6. The molecule has 2 heterocycles. The number of piperidine rings is 1. The maximum atomic E-state index is 11.5. The van der Waals surface area contributed by atoms with Gasteiger partial charge >= 0.3 is 5.97 Å². The van der Waals surface area contributed by atoms with E-state index in [1.165, 1.54) is 15.5 Å². The Labute approximate surface area is 187 Å². The van der Waals surface area contributed by atoms with Gasteiger partial charge in [0.15, 0.2) is 0 Å². The lowest BCUT2D eigenvalue weighted by Crippen LogP contribution is -2.50. The predicted octanol–water partition coefficient (Wildman–Crippen LogP) is 2.07. The first-order valence-electron chi connectivity index (χ1n) is 11.2. The number of carboxylic acids is 1. The van der Waals surface area contributed by atoms with E-state index >= 15 is 0 Å². The molecule has 2 atom stereocenters. The fourth-order valence-corrected chi connectivity index (χ4v) is 5.21. The van der Waals surface area contributed by atoms with Gasteiger partial charge in [-0.25, -0.2) is 5.01 Å². The van der Waals surface area contributed by atoms with Crippen LogP contribution in [0.4, 0.5) is 0 Å². The second kappa shape index (κ2) is 11.4. The number of benzene rings is 1. The number of aliphatic carboxylic acids is 1. The smallest absolute Gasteiger partial charge is 0.304 e. The molecule has 0 aromatic heterocycles. The average Bonchev–Trinajstić information content (AvgIpc) is 3.20. The maximum Gasteiger partial charge on any atom is 0.304 e. The van der Waals surface area contributed by atoms with Crippen LogP contribution in [0.3, 0.4) is 0 Å². The van der Waals surface area contributed by atoms with Gasteiger partial charge in [0.1, 0.15) is 5.75 Å². The van der Waals surface area contributed by atoms with E-state index < -0.39 is 17.2 Å². The van der Waals surface area contributed by atoms with E-state index in [1.54, 1.807) is 5.01 Å². The van der Waals surface area contributed by atoms with Gasteiger partial charge in [0.2, 0.25) is 0 Å². The van der Waals surface area contributed by atoms with E-state index in [2.05, 4.69) is 36.9 Å². The first kappa shape index (κ1) is 24.1. The molecule has 0 radical (unpaired) electrons. The molecule has 1 fully saturated rings. The van der Waals surface area contributed by atoms with E-state index in [-0.39, 0.29) is 13.0 Å². The average molecular weight is 453 g/mol. The van der Waals surface area contributed by atoms with Crippen molar-refractivity contribution < 1.29 is 23.4 Å². The molecule has 0 spiro atoms. The zero-order chi connectivity index (χ0) is 22.4. The molecule has 2 aliphatic rings. The molecule has 31 heavy (non-hydrogen) atoms. The summed E-state index contributed by atoms with van der Waals surface area (Å²) >= 11 is -2.44. The van der Waals surface area contributed by atoms with Crippen LogP contribution in [0.25, 0.3) is 0 Å². The molecule has 0 bridgehead atoms. The number of carboxylic acid groups (broad SMARTS) is 1. The fourth-order valence-electron chi connectivity index (χ4n) is 4.62. The number of fused-ring (bicyclic) bond motifs is 1. The van der Waals surface area contributed by atoms with Crippen LogP contribution in [0.5, 0.6) is 5.75 Å². The van der Waals surface area contributed by atoms with Crippen molar-refractivity contribution in [2.24, 2.45) is 5.92 Å². The summed E-state index contributed by atoms with van der Waals surface area (Å²) < 4.78 is 29.8. The lowest BCUT2D eigenvalue weighted by Gasteiger charge is -2.41. The molecule has 9 heteroatoms. The highest BCUT2D eigenvalue weighted by atomic mass is 32.2. The van der Waals surface area contributed by atoms with Crippen molar-refractivity contribution in [3.05, 3.63) is 29.3 Å². The third kappa shape index (κ3) is 6.73. The predicted molar refractivity (Wildman–Crippen MR) is 118 cm³/mol. The SMILES string of the molecule is CCN(CC1CCN(N(CCC(=O)O)S(=O)[O-])CC1)C(C)Cc1ccc2c(c1)CCO2. The van der Waals surface area contributed by atoms with Gasteiger partial charge in [-0.3, -0.25) is 9.00 Å². The van der Waals surface area contributed by atoms with Gasteiger partial charge < -0.3 is 19.3 Å². The van der Waals surface area contributed by atoms with Crippen LogP contribution in [0, 0.1) is 5.92 Å². The number of hydrazine groups is 1. The van der Waals surface area contributed by atoms with Gasteiger partial charge in [-0.1, -0.05) is 19.1 Å². The molecule has 1 aromatic carbocycles. The Hall–Kier alpha value is -1.52. The Morgan fingerprint density at radius 3 is 2.77 bits per heavy atom. The van der Waals surface area contributed by atoms with Crippen molar-refractivity contribution >= 4 is 17.2 Å². The highest BCUT2D eigenvalue weighted by molar-refractivity contribution is 7.76. The Bertz CT molecular complexity index is 770. The lowest BCUT2D eigenvalue weighted by molar-refractivity contribution is -0.137. The van der Waals surface area contributed by atoms with Crippen LogP contribution in [0.1, 0.15) is 44.2 Å². The Morgan fingerprint density at radius 1 is 1.39 bits per heavy atom. The second-order valence-electron chi connectivity index (χ2n) is 8.51. The highest BCUT2D eigenvalue weighted by Gasteiger charge is 2.27. The lowest BCUT2D eigenvalue weighted by atomic mass is 9.95. The van der Waals surface area contributed by atoms with E-state index in [0.29, 0.717) is 25.0 Å². The fraction of sp³-hybridized carbons (Fsp3) is 0.682. The molecule has 0 aliphatic carbocycles. The van der Waals surface area contributed by atoms with Crippen molar-refractivity contribution in [3.8, 4) is 5.75 Å². The van der Waals surface area contributed by atoms with Crippen LogP contribution in [0.15, 0.2) is 18.2 Å². The van der Waals surface area contributed by atoms with Crippen molar-refractivity contribution in [3.63, 3.8) is 0 Å². The van der Waals surface area contributed by atoms with Gasteiger partial charge in [0.25, 0.3) is 0 Å². The first-order valence-corrected chi connectivity index (χ1v) is 12.2. The van der Waals surface area contributed by atoms with Crippen molar-refractivity contribution in [2.45, 2.75) is 52.0 Å². The minimum absolute atomic E-state index is 0.0138. The third-order valence-electron chi connectivity index (χ3n) is 6.40. The van der Waals surface area contributed by atoms with Crippen LogP contribution < -0.4 is 4.74 Å². The quantitative estimate of drug-likeness (QED) is 0.514. The van der Waals surface area contributed by atoms with Crippen molar-refractivity contribution in [2.75, 3.05) is 39.3 Å². The van der Waals surface area contributed by atoms with Crippen LogP contribution >= 0.6 is 0 Å². The molecule has 1 aromatic rings. The number of rotatable bonds is 11. The Kier molecular flexibility index (Phi) is 8.85. The van der Waals surface area contributed by atoms with Gasteiger partial charge in [-0.15, -0.1) is 0 Å². The van der Waals surface area contributed by atoms with Crippen molar-refractivity contribution in [1.29, 1.82) is 0 Å². The van der Waals surface area contributed by atoms with Gasteiger partial charge in [0, 0.05) is 49.9 Å². The van der Waals surface area contributed by atoms with E-state index in [4.69, 9.17) is 9.84 Å². The first-order chi connectivity index (χ1) is 14.9. The number of hydrogen-bond donors (Lipinski definition) is 1. The van der Waals surface area contributed by atoms with Crippen LogP contribution in [0.2, 0.25) is 0 Å². The summed E-state index contributed by atoms with van der Waals surface area (Å²) in [7, 11) is 0. The molecule has 8 nitrogen and oxygen atoms in total. The zero-order valence-corrected chi connectivity index (χ0v) is 19.3. The molecule has 0 amide bonds. The number of nitrogens with zero attached hydrogens (tertiary/aromatic N) is 3. The minimum Gasteiger partial charge on any atom is -0.759 e. The minimum atomic E-state index is -2.44. The molecule has 1 saturated heterocycles. The summed E-state index contributed by atoms with van der Waals surface area (Å²) in [6.45, 7) is 8.47. The van der Waals surface area contributed by atoms with E-state index in [1.807, 2.05) is 0 Å². The van der Waals surface area contributed by atoms with E-state index in [9.17, 15) is 13.6 Å². The standard InChI is InChI=1S/C22H35N3O5S/c1-3-23(17(2)14-19-4-5-21-20(15-19)9-13-30-21)16-18-6-10-24(11-7-18)25(31(28)29)12-8-22(26)27/h4-5,15,17-18H,3,6-14,16H2,1-2H3,(H,26,27)(H,28,29)/p-1. The Morgan fingerprint density at radius 2 is 2.13 bits per heavy atom. The largest absolute Gasteiger partial charge is 0.759 e. The van der Waals surface area contributed by atoms with Crippen LogP contribution in [-0.2, 0) is 28.9 Å². The molecule has 2 aliphatic heterocycles. The number of ether oxygens (including phenoxy) is 1. The topological polar surface area (TPSA) is 96.4 Å². The summed E-state index contributed by atoms with van der Waals surface area (Å²) in [6.07, 6.45) is 3.60. The molecule has 3 rings (SSSR count). The van der Waals surface area contributed by atoms with Gasteiger partial charge in [-0.05, 0) is 55.8 Å².